The third-order valence-electron chi connectivity index (χ3n) is 5.95. The van der Waals surface area contributed by atoms with E-state index >= 15 is 0 Å². The molecule has 0 radical (unpaired) electrons. The Hall–Kier alpha value is -3.46. The number of nitrogens with two attached hydrogens (primary N) is 1. The zero-order valence-corrected chi connectivity index (χ0v) is 20.3. The summed E-state index contributed by atoms with van der Waals surface area (Å²) in [7, 11) is -4.24. The van der Waals surface area contributed by atoms with E-state index in [-0.39, 0.29) is 22.3 Å². The van der Waals surface area contributed by atoms with Crippen LogP contribution in [0, 0.1) is 20.8 Å². The molecule has 3 aromatic rings. The maximum absolute atomic E-state index is 13.1. The summed E-state index contributed by atoms with van der Waals surface area (Å²) in [6.45, 7) is 5.84. The van der Waals surface area contributed by atoms with Gasteiger partial charge in [-0.3, -0.25) is 4.79 Å². The van der Waals surface area contributed by atoms with E-state index in [4.69, 9.17) is 10.5 Å². The predicted octanol–water partition coefficient (Wildman–Crippen LogP) is 4.55. The minimum absolute atomic E-state index is 0.0219. The number of hydrogen-bond donors (Lipinski definition) is 2. The van der Waals surface area contributed by atoms with E-state index in [1.807, 2.05) is 32.9 Å². The first-order chi connectivity index (χ1) is 16.1. The number of pyridine rings is 2. The first-order valence-electron chi connectivity index (χ1n) is 11.2. The zero-order chi connectivity index (χ0) is 24.5. The summed E-state index contributed by atoms with van der Waals surface area (Å²) in [4.78, 5) is 21.6. The topological polar surface area (TPSA) is 124 Å². The van der Waals surface area contributed by atoms with E-state index in [1.54, 1.807) is 12.1 Å². The molecule has 0 bridgehead atoms. The number of aryl methyl sites for hydroxylation is 3. The maximum Gasteiger partial charge on any atom is 0.281 e. The van der Waals surface area contributed by atoms with Crippen LogP contribution < -0.4 is 15.2 Å². The lowest BCUT2D eigenvalue weighted by molar-refractivity contribution is 0.0978. The Morgan fingerprint density at radius 1 is 1.03 bits per heavy atom. The average Bonchev–Trinajstić information content (AvgIpc) is 3.31. The SMILES string of the molecule is Cc1cc(C)c(Oc2nc(C3CCCC3)ccc2C(=O)NS(=O)(=O)c2cccc(N)n2)c(C)c1. The van der Waals surface area contributed by atoms with Crippen LogP contribution in [0.2, 0.25) is 0 Å². The van der Waals surface area contributed by atoms with Crippen LogP contribution in [-0.4, -0.2) is 24.3 Å². The van der Waals surface area contributed by atoms with Gasteiger partial charge in [0.05, 0.1) is 0 Å². The number of ether oxygens (including phenoxy) is 1. The Bertz CT molecular complexity index is 1330. The second-order valence-corrected chi connectivity index (χ2v) is 10.4. The van der Waals surface area contributed by atoms with Crippen molar-refractivity contribution in [2.75, 3.05) is 5.73 Å². The number of carbonyl (C=O) groups is 1. The number of aromatic nitrogens is 2. The van der Waals surface area contributed by atoms with Crippen molar-refractivity contribution >= 4 is 21.7 Å². The highest BCUT2D eigenvalue weighted by molar-refractivity contribution is 7.90. The highest BCUT2D eigenvalue weighted by Crippen LogP contribution is 2.36. The Kier molecular flexibility index (Phi) is 6.56. The van der Waals surface area contributed by atoms with Crippen molar-refractivity contribution in [2.45, 2.75) is 57.4 Å². The summed E-state index contributed by atoms with van der Waals surface area (Å²) in [5, 5.41) is -0.343. The molecule has 0 atom stereocenters. The molecule has 9 heteroatoms. The molecule has 1 aliphatic rings. The average molecular weight is 481 g/mol. The molecule has 0 unspecified atom stereocenters. The minimum Gasteiger partial charge on any atom is -0.438 e. The minimum atomic E-state index is -4.24. The molecule has 2 heterocycles. The van der Waals surface area contributed by atoms with Crippen molar-refractivity contribution in [1.29, 1.82) is 0 Å². The van der Waals surface area contributed by atoms with Crippen LogP contribution in [0.15, 0.2) is 47.5 Å². The second-order valence-electron chi connectivity index (χ2n) is 8.74. The summed E-state index contributed by atoms with van der Waals surface area (Å²) >= 11 is 0. The first kappa shape index (κ1) is 23.7. The summed E-state index contributed by atoms with van der Waals surface area (Å²) in [6, 6.07) is 11.5. The van der Waals surface area contributed by atoms with Crippen molar-refractivity contribution in [2.24, 2.45) is 0 Å². The summed E-state index contributed by atoms with van der Waals surface area (Å²) < 4.78 is 33.7. The fourth-order valence-electron chi connectivity index (χ4n) is 4.39. The molecule has 4 rings (SSSR count). The molecule has 2 aromatic heterocycles. The van der Waals surface area contributed by atoms with Crippen LogP contribution >= 0.6 is 0 Å². The molecule has 0 aliphatic heterocycles. The van der Waals surface area contributed by atoms with Gasteiger partial charge in [0.2, 0.25) is 5.88 Å². The van der Waals surface area contributed by atoms with E-state index in [2.05, 4.69) is 14.7 Å². The summed E-state index contributed by atoms with van der Waals surface area (Å²) in [6.07, 6.45) is 4.31. The van der Waals surface area contributed by atoms with Crippen molar-refractivity contribution in [3.05, 3.63) is 70.4 Å². The molecule has 34 heavy (non-hydrogen) atoms. The van der Waals surface area contributed by atoms with Gasteiger partial charge in [0, 0.05) is 11.6 Å². The van der Waals surface area contributed by atoms with Gasteiger partial charge in [-0.15, -0.1) is 0 Å². The number of benzene rings is 1. The number of nitrogens with one attached hydrogen (secondary N) is 1. The van der Waals surface area contributed by atoms with Gasteiger partial charge in [-0.2, -0.15) is 8.42 Å². The van der Waals surface area contributed by atoms with Gasteiger partial charge >= 0.3 is 0 Å². The molecule has 178 valence electrons. The predicted molar refractivity (Wildman–Crippen MR) is 129 cm³/mol. The lowest BCUT2D eigenvalue weighted by Crippen LogP contribution is -2.31. The van der Waals surface area contributed by atoms with Crippen molar-refractivity contribution in [3.63, 3.8) is 0 Å². The van der Waals surface area contributed by atoms with Gasteiger partial charge in [-0.1, -0.05) is 36.6 Å². The maximum atomic E-state index is 13.1. The van der Waals surface area contributed by atoms with Crippen LogP contribution in [0.25, 0.3) is 0 Å². The number of amides is 1. The molecule has 0 saturated heterocycles. The van der Waals surface area contributed by atoms with Crippen molar-refractivity contribution in [1.82, 2.24) is 14.7 Å². The van der Waals surface area contributed by atoms with Gasteiger partial charge in [0.1, 0.15) is 17.1 Å². The number of hydrogen-bond acceptors (Lipinski definition) is 7. The molecule has 1 saturated carbocycles. The van der Waals surface area contributed by atoms with E-state index < -0.39 is 15.9 Å². The van der Waals surface area contributed by atoms with E-state index in [0.717, 1.165) is 48.1 Å². The van der Waals surface area contributed by atoms with E-state index in [1.165, 1.54) is 18.2 Å². The van der Waals surface area contributed by atoms with Gasteiger partial charge in [-0.05, 0) is 69.0 Å². The quantitative estimate of drug-likeness (QED) is 0.530. The Labute approximate surface area is 199 Å². The van der Waals surface area contributed by atoms with E-state index in [0.29, 0.717) is 11.7 Å². The molecule has 1 fully saturated rings. The molecular formula is C25H28N4O4S. The van der Waals surface area contributed by atoms with Gasteiger partial charge in [-0.25, -0.2) is 14.7 Å². The standard InChI is InChI=1S/C25H28N4O4S/c1-15-13-16(2)23(17(3)14-15)33-25-19(11-12-20(27-25)18-7-4-5-8-18)24(30)29-34(31,32)22-10-6-9-21(26)28-22/h6,9-14,18H,4-5,7-8H2,1-3H3,(H2,26,28)(H,29,30). The summed E-state index contributed by atoms with van der Waals surface area (Å²) in [5.74, 6) is 0.142. The third kappa shape index (κ3) is 5.04. The molecule has 1 aromatic carbocycles. The number of rotatable bonds is 6. The molecule has 8 nitrogen and oxygen atoms in total. The van der Waals surface area contributed by atoms with Crippen molar-refractivity contribution < 1.29 is 17.9 Å². The Balaban J connectivity index is 1.72. The van der Waals surface area contributed by atoms with Gasteiger partial charge in [0.15, 0.2) is 5.03 Å². The fourth-order valence-corrected chi connectivity index (χ4v) is 5.33. The largest absolute Gasteiger partial charge is 0.438 e. The van der Waals surface area contributed by atoms with Crippen LogP contribution in [0.1, 0.15) is 64.3 Å². The molecule has 0 spiro atoms. The normalized spacial score (nSPS) is 14.2. The summed E-state index contributed by atoms with van der Waals surface area (Å²) in [5.41, 5.74) is 9.35. The monoisotopic (exact) mass is 480 g/mol. The van der Waals surface area contributed by atoms with Crippen molar-refractivity contribution in [3.8, 4) is 11.6 Å². The number of anilines is 1. The van der Waals surface area contributed by atoms with Crippen LogP contribution in [0.3, 0.4) is 0 Å². The second kappa shape index (κ2) is 9.42. The lowest BCUT2D eigenvalue weighted by atomic mass is 10.0. The molecule has 1 aliphatic carbocycles. The highest BCUT2D eigenvalue weighted by Gasteiger charge is 2.26. The lowest BCUT2D eigenvalue weighted by Gasteiger charge is -2.17. The first-order valence-corrected chi connectivity index (χ1v) is 12.7. The number of nitrogens with zero attached hydrogens (tertiary/aromatic N) is 2. The highest BCUT2D eigenvalue weighted by atomic mass is 32.2. The molecule has 3 N–H and O–H groups in total. The molecule has 1 amide bonds. The van der Waals surface area contributed by atoms with Gasteiger partial charge in [0.25, 0.3) is 15.9 Å². The Morgan fingerprint density at radius 3 is 2.35 bits per heavy atom. The smallest absolute Gasteiger partial charge is 0.281 e. The number of nitrogen functional groups attached to an aromatic ring is 1. The third-order valence-corrected chi connectivity index (χ3v) is 7.18. The molecular weight excluding hydrogens is 452 g/mol. The van der Waals surface area contributed by atoms with Gasteiger partial charge < -0.3 is 10.5 Å². The van der Waals surface area contributed by atoms with E-state index in [9.17, 15) is 13.2 Å². The zero-order valence-electron chi connectivity index (χ0n) is 19.5. The fraction of sp³-hybridized carbons (Fsp3) is 0.320. The van der Waals surface area contributed by atoms with Crippen LogP contribution in [-0.2, 0) is 10.0 Å². The number of carbonyl (C=O) groups excluding carboxylic acids is 1. The Morgan fingerprint density at radius 2 is 1.71 bits per heavy atom. The number of sulfonamides is 1. The van der Waals surface area contributed by atoms with Crippen LogP contribution in [0.5, 0.6) is 11.6 Å². The van der Waals surface area contributed by atoms with Crippen LogP contribution in [0.4, 0.5) is 5.82 Å².